The third kappa shape index (κ3) is 6.58. The molecule has 25 heavy (non-hydrogen) atoms. The Morgan fingerprint density at radius 3 is 2.64 bits per heavy atom. The number of aryl methyl sites for hydroxylation is 2. The normalized spacial score (nSPS) is 10.4. The van der Waals surface area contributed by atoms with Crippen LogP contribution in [-0.2, 0) is 14.3 Å². The molecule has 132 valence electrons. The van der Waals surface area contributed by atoms with Gasteiger partial charge in [0, 0.05) is 16.3 Å². The van der Waals surface area contributed by atoms with Crippen molar-refractivity contribution < 1.29 is 18.7 Å². The number of nitrogens with one attached hydrogen (secondary N) is 1. The van der Waals surface area contributed by atoms with Gasteiger partial charge in [-0.05, 0) is 55.3 Å². The summed E-state index contributed by atoms with van der Waals surface area (Å²) in [5.41, 5.74) is 2.76. The van der Waals surface area contributed by atoms with Crippen molar-refractivity contribution in [3.63, 3.8) is 0 Å². The predicted molar refractivity (Wildman–Crippen MR) is 97.2 cm³/mol. The Bertz CT molecular complexity index is 764. The molecule has 4 nitrogen and oxygen atoms in total. The molecule has 0 fully saturated rings. The highest BCUT2D eigenvalue weighted by Gasteiger charge is 2.09. The smallest absolute Gasteiger partial charge is 0.307 e. The number of carbonyl (C=O) groups is 2. The van der Waals surface area contributed by atoms with E-state index in [1.54, 1.807) is 17.8 Å². The van der Waals surface area contributed by atoms with Gasteiger partial charge in [-0.1, -0.05) is 12.1 Å². The van der Waals surface area contributed by atoms with Crippen LogP contribution < -0.4 is 5.32 Å². The van der Waals surface area contributed by atoms with Crippen LogP contribution in [0.1, 0.15) is 17.5 Å². The molecule has 0 radical (unpaired) electrons. The number of hydrogen-bond acceptors (Lipinski definition) is 4. The summed E-state index contributed by atoms with van der Waals surface area (Å²) in [6.07, 6.45) is 0.213. The molecule has 1 N–H and O–H groups in total. The van der Waals surface area contributed by atoms with E-state index in [1.165, 1.54) is 29.3 Å². The fourth-order valence-corrected chi connectivity index (χ4v) is 2.97. The van der Waals surface area contributed by atoms with Crippen LogP contribution in [-0.4, -0.2) is 24.2 Å². The molecule has 1 amide bonds. The van der Waals surface area contributed by atoms with E-state index in [0.29, 0.717) is 11.4 Å². The molecule has 0 saturated carbocycles. The maximum Gasteiger partial charge on any atom is 0.307 e. The molecule has 0 aliphatic rings. The first kappa shape index (κ1) is 19.0. The Morgan fingerprint density at radius 2 is 1.92 bits per heavy atom. The minimum Gasteiger partial charge on any atom is -0.456 e. The second kappa shape index (κ2) is 9.22. The number of rotatable bonds is 7. The number of amides is 1. The van der Waals surface area contributed by atoms with Crippen LogP contribution in [0.5, 0.6) is 0 Å². The summed E-state index contributed by atoms with van der Waals surface area (Å²) < 4.78 is 17.9. The van der Waals surface area contributed by atoms with E-state index in [1.807, 2.05) is 19.1 Å². The number of hydrogen-bond donors (Lipinski definition) is 1. The zero-order valence-electron chi connectivity index (χ0n) is 14.2. The van der Waals surface area contributed by atoms with Crippen molar-refractivity contribution in [3.8, 4) is 0 Å². The fourth-order valence-electron chi connectivity index (χ4n) is 2.04. The van der Waals surface area contributed by atoms with E-state index in [4.69, 9.17) is 4.74 Å². The van der Waals surface area contributed by atoms with Gasteiger partial charge >= 0.3 is 5.97 Å². The van der Waals surface area contributed by atoms with Gasteiger partial charge in [-0.15, -0.1) is 11.8 Å². The number of carbonyl (C=O) groups excluding carboxylic acids is 2. The molecule has 0 aliphatic heterocycles. The van der Waals surface area contributed by atoms with E-state index in [0.717, 1.165) is 4.90 Å². The number of esters is 1. The monoisotopic (exact) mass is 361 g/mol. The number of benzene rings is 2. The molecule has 0 bridgehead atoms. The fraction of sp³-hybridized carbons (Fsp3) is 0.263. The molecule has 2 aromatic carbocycles. The topological polar surface area (TPSA) is 55.4 Å². The molecule has 0 aromatic heterocycles. The van der Waals surface area contributed by atoms with Gasteiger partial charge in [0.25, 0.3) is 5.91 Å². The van der Waals surface area contributed by atoms with Crippen LogP contribution in [0.25, 0.3) is 0 Å². The van der Waals surface area contributed by atoms with Crippen molar-refractivity contribution in [2.75, 3.05) is 17.7 Å². The molecular formula is C19H20FNO3S. The van der Waals surface area contributed by atoms with Crippen LogP contribution >= 0.6 is 11.8 Å². The number of anilines is 1. The molecule has 2 aromatic rings. The quantitative estimate of drug-likeness (QED) is 0.596. The summed E-state index contributed by atoms with van der Waals surface area (Å²) in [6.45, 7) is 3.71. The Balaban J connectivity index is 1.68. The first-order valence-electron chi connectivity index (χ1n) is 7.85. The van der Waals surface area contributed by atoms with E-state index < -0.39 is 17.7 Å². The lowest BCUT2D eigenvalue weighted by molar-refractivity contribution is -0.146. The third-order valence-corrected chi connectivity index (χ3v) is 4.52. The molecule has 0 atom stereocenters. The molecule has 6 heteroatoms. The molecule has 0 spiro atoms. The molecule has 2 rings (SSSR count). The first-order chi connectivity index (χ1) is 11.9. The van der Waals surface area contributed by atoms with Crippen molar-refractivity contribution in [1.29, 1.82) is 0 Å². The van der Waals surface area contributed by atoms with Gasteiger partial charge in [0.15, 0.2) is 6.61 Å². The second-order valence-corrected chi connectivity index (χ2v) is 6.73. The van der Waals surface area contributed by atoms with Crippen LogP contribution in [0, 0.1) is 19.7 Å². The van der Waals surface area contributed by atoms with Crippen molar-refractivity contribution in [2.45, 2.75) is 25.2 Å². The highest BCUT2D eigenvalue weighted by atomic mass is 32.2. The van der Waals surface area contributed by atoms with E-state index in [2.05, 4.69) is 18.3 Å². The summed E-state index contributed by atoms with van der Waals surface area (Å²) in [7, 11) is 0. The van der Waals surface area contributed by atoms with Gasteiger partial charge in [0.05, 0.1) is 6.42 Å². The van der Waals surface area contributed by atoms with E-state index in [-0.39, 0.29) is 13.0 Å². The summed E-state index contributed by atoms with van der Waals surface area (Å²) >= 11 is 1.57. The van der Waals surface area contributed by atoms with Crippen molar-refractivity contribution in [1.82, 2.24) is 0 Å². The number of halogens is 1. The van der Waals surface area contributed by atoms with Crippen LogP contribution in [0.15, 0.2) is 47.4 Å². The largest absolute Gasteiger partial charge is 0.456 e. The van der Waals surface area contributed by atoms with Crippen LogP contribution in [0.2, 0.25) is 0 Å². The summed E-state index contributed by atoms with van der Waals surface area (Å²) in [5, 5.41) is 2.47. The second-order valence-electron chi connectivity index (χ2n) is 5.56. The van der Waals surface area contributed by atoms with Crippen LogP contribution in [0.3, 0.4) is 0 Å². The number of thioether (sulfide) groups is 1. The average Bonchev–Trinajstić information content (AvgIpc) is 2.56. The Hall–Kier alpha value is -2.34. The van der Waals surface area contributed by atoms with Gasteiger partial charge < -0.3 is 10.1 Å². The lowest BCUT2D eigenvalue weighted by Gasteiger charge is -2.07. The maximum absolute atomic E-state index is 13.0. The van der Waals surface area contributed by atoms with Crippen molar-refractivity contribution >= 4 is 29.3 Å². The highest BCUT2D eigenvalue weighted by Crippen LogP contribution is 2.21. The molecule has 0 saturated heterocycles. The van der Waals surface area contributed by atoms with Crippen molar-refractivity contribution in [3.05, 3.63) is 59.4 Å². The van der Waals surface area contributed by atoms with Gasteiger partial charge in [0.2, 0.25) is 0 Å². The van der Waals surface area contributed by atoms with E-state index >= 15 is 0 Å². The summed E-state index contributed by atoms with van der Waals surface area (Å²) in [4.78, 5) is 24.5. The summed E-state index contributed by atoms with van der Waals surface area (Å²) in [5.74, 6) is -0.808. The van der Waals surface area contributed by atoms with Gasteiger partial charge in [-0.3, -0.25) is 9.59 Å². The first-order valence-corrected chi connectivity index (χ1v) is 8.83. The van der Waals surface area contributed by atoms with Crippen molar-refractivity contribution in [2.24, 2.45) is 0 Å². The van der Waals surface area contributed by atoms with Gasteiger partial charge in [-0.25, -0.2) is 4.39 Å². The summed E-state index contributed by atoms with van der Waals surface area (Å²) in [6, 6.07) is 11.7. The van der Waals surface area contributed by atoms with Crippen LogP contribution in [0.4, 0.5) is 10.1 Å². The highest BCUT2D eigenvalue weighted by molar-refractivity contribution is 7.99. The predicted octanol–water partition coefficient (Wildman–Crippen LogP) is 4.11. The molecule has 0 aliphatic carbocycles. The minimum absolute atomic E-state index is 0.213. The molecule has 0 heterocycles. The minimum atomic E-state index is -0.499. The Kier molecular flexibility index (Phi) is 7.01. The molecule has 0 unspecified atom stereocenters. The lowest BCUT2D eigenvalue weighted by Crippen LogP contribution is -2.21. The zero-order valence-corrected chi connectivity index (χ0v) is 15.0. The maximum atomic E-state index is 13.0. The van der Waals surface area contributed by atoms with Gasteiger partial charge in [-0.2, -0.15) is 0 Å². The standard InChI is InChI=1S/C19H20FNO3S/c1-13-6-7-17(10-14(13)2)25-9-8-19(23)24-12-18(22)21-16-5-3-4-15(20)11-16/h3-7,10-11H,8-9,12H2,1-2H3,(H,21,22). The Morgan fingerprint density at radius 1 is 1.12 bits per heavy atom. The SMILES string of the molecule is Cc1ccc(SCCC(=O)OCC(=O)Nc2cccc(F)c2)cc1C. The zero-order chi connectivity index (χ0) is 18.2. The third-order valence-electron chi connectivity index (χ3n) is 3.53. The van der Waals surface area contributed by atoms with E-state index in [9.17, 15) is 14.0 Å². The van der Waals surface area contributed by atoms with Gasteiger partial charge in [0.1, 0.15) is 5.82 Å². The average molecular weight is 361 g/mol. The number of ether oxygens (including phenoxy) is 1. The molecular weight excluding hydrogens is 341 g/mol. The Labute approximate surface area is 150 Å². The lowest BCUT2D eigenvalue weighted by atomic mass is 10.1.